The number of hydrogen-bond acceptors (Lipinski definition) is 4. The van der Waals surface area contributed by atoms with Crippen molar-refractivity contribution >= 4 is 34.1 Å². The van der Waals surface area contributed by atoms with E-state index in [1.54, 1.807) is 37.4 Å². The molecule has 3 aromatic rings. The average Bonchev–Trinajstić information content (AvgIpc) is 2.82. The lowest BCUT2D eigenvalue weighted by atomic mass is 9.89. The molecular weight excluding hydrogens is 467 g/mol. The van der Waals surface area contributed by atoms with Gasteiger partial charge < -0.3 is 15.0 Å². The summed E-state index contributed by atoms with van der Waals surface area (Å²) in [7, 11) is 3.32. The second-order valence-corrected chi connectivity index (χ2v) is 8.91. The van der Waals surface area contributed by atoms with Crippen molar-refractivity contribution in [2.45, 2.75) is 43.9 Å². The number of anilines is 1. The molecule has 1 aliphatic carbocycles. The van der Waals surface area contributed by atoms with Gasteiger partial charge >= 0.3 is 6.18 Å². The molecule has 1 aliphatic rings. The average molecular weight is 492 g/mol. The lowest BCUT2D eigenvalue weighted by Crippen LogP contribution is -2.43. The molecule has 0 saturated heterocycles. The molecule has 1 aromatic heterocycles. The molecule has 0 aliphatic heterocycles. The highest BCUT2D eigenvalue weighted by Gasteiger charge is 2.35. The highest BCUT2D eigenvalue weighted by molar-refractivity contribution is 6.31. The van der Waals surface area contributed by atoms with Gasteiger partial charge in [-0.25, -0.2) is 4.98 Å². The van der Waals surface area contributed by atoms with E-state index in [1.807, 2.05) is 4.90 Å². The Bertz CT molecular complexity index is 1190. The summed E-state index contributed by atoms with van der Waals surface area (Å²) >= 11 is 6.13. The first kappa shape index (κ1) is 24.1. The number of rotatable bonds is 5. The largest absolute Gasteiger partial charge is 0.496 e. The maximum atomic E-state index is 13.5. The summed E-state index contributed by atoms with van der Waals surface area (Å²) in [6, 6.07) is 12.8. The molecule has 1 N–H and O–H groups in total. The van der Waals surface area contributed by atoms with Crippen LogP contribution < -0.4 is 15.0 Å². The van der Waals surface area contributed by atoms with Gasteiger partial charge in [0.1, 0.15) is 11.4 Å². The monoisotopic (exact) mass is 491 g/mol. The first-order valence-corrected chi connectivity index (χ1v) is 11.4. The number of amides is 1. The molecule has 34 heavy (non-hydrogen) atoms. The summed E-state index contributed by atoms with van der Waals surface area (Å²) in [5.41, 5.74) is 0.242. The van der Waals surface area contributed by atoms with Crippen LogP contribution in [0.4, 0.5) is 18.9 Å². The van der Waals surface area contributed by atoms with E-state index in [0.717, 1.165) is 18.9 Å². The molecule has 180 valence electrons. The van der Waals surface area contributed by atoms with Gasteiger partial charge in [0, 0.05) is 35.2 Å². The van der Waals surface area contributed by atoms with Crippen molar-refractivity contribution in [3.05, 3.63) is 64.8 Å². The van der Waals surface area contributed by atoms with Crippen LogP contribution in [0, 0.1) is 0 Å². The number of carbonyl (C=O) groups excluding carboxylic acids is 1. The Morgan fingerprint density at radius 1 is 1.12 bits per heavy atom. The zero-order valence-corrected chi connectivity index (χ0v) is 19.6. The number of para-hydroxylation sites is 1. The van der Waals surface area contributed by atoms with E-state index in [1.165, 1.54) is 19.2 Å². The second kappa shape index (κ2) is 9.70. The molecule has 1 fully saturated rings. The zero-order valence-electron chi connectivity index (χ0n) is 18.8. The lowest BCUT2D eigenvalue weighted by molar-refractivity contribution is -0.140. The predicted octanol–water partition coefficient (Wildman–Crippen LogP) is 6.09. The van der Waals surface area contributed by atoms with Gasteiger partial charge in [-0.2, -0.15) is 13.2 Å². The van der Waals surface area contributed by atoms with Gasteiger partial charge in [0.2, 0.25) is 0 Å². The van der Waals surface area contributed by atoms with Crippen LogP contribution in [0.5, 0.6) is 5.75 Å². The third-order valence-electron chi connectivity index (χ3n) is 6.35. The maximum Gasteiger partial charge on any atom is 0.433 e. The first-order chi connectivity index (χ1) is 16.2. The van der Waals surface area contributed by atoms with Gasteiger partial charge in [-0.1, -0.05) is 23.7 Å². The van der Waals surface area contributed by atoms with Crippen LogP contribution in [0.15, 0.2) is 48.5 Å². The summed E-state index contributed by atoms with van der Waals surface area (Å²) in [5, 5.41) is 4.08. The molecule has 5 nitrogen and oxygen atoms in total. The fourth-order valence-corrected chi connectivity index (χ4v) is 4.69. The van der Waals surface area contributed by atoms with Gasteiger partial charge in [0.05, 0.1) is 18.2 Å². The van der Waals surface area contributed by atoms with E-state index in [9.17, 15) is 18.0 Å². The third kappa shape index (κ3) is 5.06. The van der Waals surface area contributed by atoms with Crippen LogP contribution in [0.1, 0.15) is 41.7 Å². The number of benzene rings is 2. The predicted molar refractivity (Wildman–Crippen MR) is 127 cm³/mol. The molecule has 2 aromatic carbocycles. The number of carbonyl (C=O) groups is 1. The van der Waals surface area contributed by atoms with Crippen molar-refractivity contribution < 1.29 is 22.7 Å². The summed E-state index contributed by atoms with van der Waals surface area (Å²) in [6.45, 7) is 0. The number of nitrogens with zero attached hydrogens (tertiary/aromatic N) is 2. The lowest BCUT2D eigenvalue weighted by Gasteiger charge is -2.37. The van der Waals surface area contributed by atoms with Crippen molar-refractivity contribution in [3.63, 3.8) is 0 Å². The summed E-state index contributed by atoms with van der Waals surface area (Å²) < 4.78 is 45.7. The SMILES string of the molecule is COc1ccccc1C(=O)NC1CCC(N(C)c2cc(C(F)(F)F)nc3ccc(Cl)cc23)CC1. The Labute approximate surface area is 200 Å². The Hall–Kier alpha value is -3.00. The van der Waals surface area contributed by atoms with Gasteiger partial charge in [-0.05, 0) is 62.1 Å². The number of fused-ring (bicyclic) bond motifs is 1. The number of pyridine rings is 1. The van der Waals surface area contributed by atoms with Crippen molar-refractivity contribution in [1.29, 1.82) is 0 Å². The normalized spacial score (nSPS) is 18.5. The van der Waals surface area contributed by atoms with Crippen molar-refractivity contribution in [2.75, 3.05) is 19.1 Å². The second-order valence-electron chi connectivity index (χ2n) is 8.48. The minimum Gasteiger partial charge on any atom is -0.496 e. The van der Waals surface area contributed by atoms with Crippen LogP contribution in [0.2, 0.25) is 5.02 Å². The van der Waals surface area contributed by atoms with E-state index in [-0.39, 0.29) is 23.5 Å². The maximum absolute atomic E-state index is 13.5. The van der Waals surface area contributed by atoms with Crippen LogP contribution in [0.25, 0.3) is 10.9 Å². The van der Waals surface area contributed by atoms with E-state index >= 15 is 0 Å². The Kier molecular flexibility index (Phi) is 6.89. The fourth-order valence-electron chi connectivity index (χ4n) is 4.52. The van der Waals surface area contributed by atoms with Crippen LogP contribution in [0.3, 0.4) is 0 Å². The number of hydrogen-bond donors (Lipinski definition) is 1. The number of methoxy groups -OCH3 is 1. The van der Waals surface area contributed by atoms with Crippen molar-refractivity contribution in [2.24, 2.45) is 0 Å². The molecule has 4 rings (SSSR count). The number of halogens is 4. The fraction of sp³-hybridized carbons (Fsp3) is 0.360. The van der Waals surface area contributed by atoms with E-state index in [0.29, 0.717) is 40.3 Å². The molecule has 0 radical (unpaired) electrons. The van der Waals surface area contributed by atoms with Gasteiger partial charge in [-0.15, -0.1) is 0 Å². The molecule has 0 atom stereocenters. The quantitative estimate of drug-likeness (QED) is 0.469. The topological polar surface area (TPSA) is 54.5 Å². The number of ether oxygens (including phenoxy) is 1. The summed E-state index contributed by atoms with van der Waals surface area (Å²) in [4.78, 5) is 18.4. The summed E-state index contributed by atoms with van der Waals surface area (Å²) in [5.74, 6) is 0.316. The molecule has 1 heterocycles. The van der Waals surface area contributed by atoms with Crippen LogP contribution in [-0.4, -0.2) is 37.1 Å². The molecule has 0 bridgehead atoms. The van der Waals surface area contributed by atoms with Crippen molar-refractivity contribution in [1.82, 2.24) is 10.3 Å². The van der Waals surface area contributed by atoms with E-state index in [2.05, 4.69) is 10.3 Å². The van der Waals surface area contributed by atoms with Gasteiger partial charge in [-0.3, -0.25) is 4.79 Å². The Morgan fingerprint density at radius 2 is 1.82 bits per heavy atom. The van der Waals surface area contributed by atoms with Gasteiger partial charge in [0.25, 0.3) is 5.91 Å². The highest BCUT2D eigenvalue weighted by Crippen LogP contribution is 2.37. The molecular formula is C25H25ClF3N3O2. The standard InChI is InChI=1S/C25H25ClF3N3O2/c1-32(21-14-23(25(27,28)29)31-20-12-7-15(26)13-19(20)21)17-10-8-16(9-11-17)30-24(33)18-5-3-4-6-22(18)34-2/h3-7,12-14,16-17H,8-11H2,1-2H3,(H,30,33). The Morgan fingerprint density at radius 3 is 2.50 bits per heavy atom. The van der Waals surface area contributed by atoms with Crippen LogP contribution in [-0.2, 0) is 6.18 Å². The molecule has 0 unspecified atom stereocenters. The minimum absolute atomic E-state index is 0.0172. The molecule has 1 amide bonds. The first-order valence-electron chi connectivity index (χ1n) is 11.0. The van der Waals surface area contributed by atoms with E-state index < -0.39 is 11.9 Å². The summed E-state index contributed by atoms with van der Waals surface area (Å²) in [6.07, 6.45) is -1.68. The molecule has 9 heteroatoms. The smallest absolute Gasteiger partial charge is 0.433 e. The third-order valence-corrected chi connectivity index (χ3v) is 6.59. The van der Waals surface area contributed by atoms with Crippen LogP contribution >= 0.6 is 11.6 Å². The molecule has 0 spiro atoms. The number of nitrogens with one attached hydrogen (secondary N) is 1. The van der Waals surface area contributed by atoms with Gasteiger partial charge in [0.15, 0.2) is 0 Å². The highest BCUT2D eigenvalue weighted by atomic mass is 35.5. The minimum atomic E-state index is -4.55. The molecule has 1 saturated carbocycles. The number of alkyl halides is 3. The van der Waals surface area contributed by atoms with E-state index in [4.69, 9.17) is 16.3 Å². The zero-order chi connectivity index (χ0) is 24.5. The Balaban J connectivity index is 1.50. The van der Waals surface area contributed by atoms with Crippen molar-refractivity contribution in [3.8, 4) is 5.75 Å². The number of aromatic nitrogens is 1.